The fraction of sp³-hybridized carbons (Fsp3) is 0.333. The lowest BCUT2D eigenvalue weighted by Gasteiger charge is -2.08. The van der Waals surface area contributed by atoms with Crippen molar-refractivity contribution in [1.29, 1.82) is 0 Å². The van der Waals surface area contributed by atoms with Crippen molar-refractivity contribution in [2.75, 3.05) is 17.6 Å². The van der Waals surface area contributed by atoms with Gasteiger partial charge in [0.1, 0.15) is 17.5 Å². The molecule has 2 rings (SSSR count). The molecule has 2 aromatic rings. The first-order valence-corrected chi connectivity index (χ1v) is 6.60. The van der Waals surface area contributed by atoms with Gasteiger partial charge in [-0.15, -0.1) is 0 Å². The topological polar surface area (TPSA) is 63.8 Å². The zero-order valence-electron chi connectivity index (χ0n) is 11.5. The Balaban J connectivity index is 1.94. The van der Waals surface area contributed by atoms with Crippen molar-refractivity contribution >= 4 is 11.6 Å². The zero-order chi connectivity index (χ0) is 13.7. The molecule has 0 fully saturated rings. The summed E-state index contributed by atoms with van der Waals surface area (Å²) in [6.07, 6.45) is 1.75. The highest BCUT2D eigenvalue weighted by Gasteiger charge is 2.01. The lowest BCUT2D eigenvalue weighted by atomic mass is 10.1. The van der Waals surface area contributed by atoms with Crippen molar-refractivity contribution in [2.45, 2.75) is 26.7 Å². The van der Waals surface area contributed by atoms with Crippen molar-refractivity contribution in [3.8, 4) is 0 Å². The number of rotatable bonds is 5. The first-order valence-electron chi connectivity index (χ1n) is 6.60. The van der Waals surface area contributed by atoms with Gasteiger partial charge < -0.3 is 11.1 Å². The van der Waals surface area contributed by atoms with Gasteiger partial charge in [-0.25, -0.2) is 9.97 Å². The third kappa shape index (κ3) is 3.95. The lowest BCUT2D eigenvalue weighted by molar-refractivity contribution is 0.929. The molecule has 0 spiro atoms. The van der Waals surface area contributed by atoms with E-state index in [0.29, 0.717) is 5.82 Å². The molecule has 0 radical (unpaired) electrons. The van der Waals surface area contributed by atoms with Crippen molar-refractivity contribution in [3.63, 3.8) is 0 Å². The predicted molar refractivity (Wildman–Crippen MR) is 79.2 cm³/mol. The number of nitrogens with two attached hydrogens (primary N) is 1. The van der Waals surface area contributed by atoms with Crippen LogP contribution >= 0.6 is 0 Å². The molecule has 3 N–H and O–H groups in total. The molecule has 100 valence electrons. The number of hydrogen-bond donors (Lipinski definition) is 2. The van der Waals surface area contributed by atoms with E-state index in [9.17, 15) is 0 Å². The number of anilines is 2. The summed E-state index contributed by atoms with van der Waals surface area (Å²) in [5.41, 5.74) is 8.36. The van der Waals surface area contributed by atoms with E-state index >= 15 is 0 Å². The van der Waals surface area contributed by atoms with E-state index in [1.54, 1.807) is 6.07 Å². The summed E-state index contributed by atoms with van der Waals surface area (Å²) >= 11 is 0. The van der Waals surface area contributed by atoms with Gasteiger partial charge in [-0.2, -0.15) is 0 Å². The minimum atomic E-state index is 0.518. The summed E-state index contributed by atoms with van der Waals surface area (Å²) in [6.45, 7) is 4.96. The summed E-state index contributed by atoms with van der Waals surface area (Å²) in [4.78, 5) is 8.56. The molecule has 0 unspecified atom stereocenters. The normalized spacial score (nSPS) is 10.4. The van der Waals surface area contributed by atoms with Gasteiger partial charge in [0.25, 0.3) is 0 Å². The van der Waals surface area contributed by atoms with Gasteiger partial charge in [-0.3, -0.25) is 0 Å². The third-order valence-corrected chi connectivity index (χ3v) is 2.91. The Bertz CT molecular complexity index is 552. The Morgan fingerprint density at radius 2 is 2.05 bits per heavy atom. The van der Waals surface area contributed by atoms with Crippen LogP contribution in [0.1, 0.15) is 23.9 Å². The number of nitrogen functional groups attached to an aromatic ring is 1. The van der Waals surface area contributed by atoms with Crippen LogP contribution in [0.4, 0.5) is 11.6 Å². The highest BCUT2D eigenvalue weighted by Crippen LogP contribution is 2.10. The Kier molecular flexibility index (Phi) is 4.34. The molecule has 0 bridgehead atoms. The molecular formula is C15H20N4. The van der Waals surface area contributed by atoms with Crippen LogP contribution in [0, 0.1) is 6.92 Å². The number of nitrogens with one attached hydrogen (secondary N) is 1. The zero-order valence-corrected chi connectivity index (χ0v) is 11.5. The van der Waals surface area contributed by atoms with Crippen LogP contribution in [-0.4, -0.2) is 16.5 Å². The maximum atomic E-state index is 5.75. The quantitative estimate of drug-likeness (QED) is 0.863. The standard InChI is InChI=1S/C15H20N4/c1-3-14-18-13(16)10-15(19-14)17-8-7-12-6-4-5-11(2)9-12/h4-6,9-10H,3,7-8H2,1-2H3,(H3,16,17,18,19). The summed E-state index contributed by atoms with van der Waals surface area (Å²) in [7, 11) is 0. The maximum Gasteiger partial charge on any atom is 0.132 e. The van der Waals surface area contributed by atoms with Crippen molar-refractivity contribution in [1.82, 2.24) is 9.97 Å². The highest BCUT2D eigenvalue weighted by molar-refractivity contribution is 5.44. The second kappa shape index (κ2) is 6.18. The Labute approximate surface area is 114 Å². The first kappa shape index (κ1) is 13.3. The second-order valence-corrected chi connectivity index (χ2v) is 4.61. The van der Waals surface area contributed by atoms with Crippen LogP contribution in [-0.2, 0) is 12.8 Å². The molecule has 0 aliphatic carbocycles. The van der Waals surface area contributed by atoms with Gasteiger partial charge in [-0.05, 0) is 18.9 Å². The average molecular weight is 256 g/mol. The van der Waals surface area contributed by atoms with Crippen LogP contribution in [0.5, 0.6) is 0 Å². The number of benzene rings is 1. The van der Waals surface area contributed by atoms with Gasteiger partial charge in [0.15, 0.2) is 0 Å². The van der Waals surface area contributed by atoms with Crippen LogP contribution in [0.15, 0.2) is 30.3 Å². The van der Waals surface area contributed by atoms with Gasteiger partial charge in [0.05, 0.1) is 0 Å². The molecule has 0 aliphatic heterocycles. The van der Waals surface area contributed by atoms with E-state index < -0.39 is 0 Å². The smallest absolute Gasteiger partial charge is 0.132 e. The predicted octanol–water partition coefficient (Wildman–Crippen LogP) is 2.58. The van der Waals surface area contributed by atoms with Crippen molar-refractivity contribution in [2.24, 2.45) is 0 Å². The van der Waals surface area contributed by atoms with Crippen LogP contribution < -0.4 is 11.1 Å². The largest absolute Gasteiger partial charge is 0.384 e. The lowest BCUT2D eigenvalue weighted by Crippen LogP contribution is -2.09. The molecule has 0 amide bonds. The summed E-state index contributed by atoms with van der Waals surface area (Å²) in [6, 6.07) is 10.3. The molecule has 0 atom stereocenters. The highest BCUT2D eigenvalue weighted by atomic mass is 15.0. The molecule has 0 saturated carbocycles. The summed E-state index contributed by atoms with van der Waals surface area (Å²) < 4.78 is 0. The van der Waals surface area contributed by atoms with E-state index in [2.05, 4.69) is 46.5 Å². The fourth-order valence-electron chi connectivity index (χ4n) is 1.97. The second-order valence-electron chi connectivity index (χ2n) is 4.61. The van der Waals surface area contributed by atoms with Crippen molar-refractivity contribution in [3.05, 3.63) is 47.3 Å². The Hall–Kier alpha value is -2.10. The SMILES string of the molecule is CCc1nc(N)cc(NCCc2cccc(C)c2)n1. The Morgan fingerprint density at radius 1 is 1.21 bits per heavy atom. The van der Waals surface area contributed by atoms with E-state index in [1.807, 2.05) is 6.92 Å². The number of aromatic nitrogens is 2. The molecule has 0 aliphatic rings. The minimum Gasteiger partial charge on any atom is -0.384 e. The molecule has 19 heavy (non-hydrogen) atoms. The van der Waals surface area contributed by atoms with Crippen molar-refractivity contribution < 1.29 is 0 Å². The molecular weight excluding hydrogens is 236 g/mol. The summed E-state index contributed by atoms with van der Waals surface area (Å²) in [5.74, 6) is 2.10. The molecule has 1 heterocycles. The third-order valence-electron chi connectivity index (χ3n) is 2.91. The molecule has 0 saturated heterocycles. The van der Waals surface area contributed by atoms with Gasteiger partial charge in [0.2, 0.25) is 0 Å². The maximum absolute atomic E-state index is 5.75. The summed E-state index contributed by atoms with van der Waals surface area (Å²) in [5, 5.41) is 3.30. The van der Waals surface area contributed by atoms with E-state index in [0.717, 1.165) is 31.0 Å². The first-order chi connectivity index (χ1) is 9.17. The van der Waals surface area contributed by atoms with Crippen LogP contribution in [0.2, 0.25) is 0 Å². The average Bonchev–Trinajstić information content (AvgIpc) is 2.38. The molecule has 1 aromatic heterocycles. The van der Waals surface area contributed by atoms with E-state index in [1.165, 1.54) is 11.1 Å². The van der Waals surface area contributed by atoms with E-state index in [-0.39, 0.29) is 0 Å². The van der Waals surface area contributed by atoms with Gasteiger partial charge in [0, 0.05) is 19.0 Å². The van der Waals surface area contributed by atoms with Gasteiger partial charge in [-0.1, -0.05) is 36.8 Å². The van der Waals surface area contributed by atoms with E-state index in [4.69, 9.17) is 5.73 Å². The molecule has 4 heteroatoms. The fourth-order valence-corrected chi connectivity index (χ4v) is 1.97. The Morgan fingerprint density at radius 3 is 2.79 bits per heavy atom. The number of aryl methyl sites for hydroxylation is 2. The molecule has 1 aromatic carbocycles. The number of hydrogen-bond acceptors (Lipinski definition) is 4. The van der Waals surface area contributed by atoms with Crippen LogP contribution in [0.3, 0.4) is 0 Å². The van der Waals surface area contributed by atoms with Crippen LogP contribution in [0.25, 0.3) is 0 Å². The minimum absolute atomic E-state index is 0.518. The monoisotopic (exact) mass is 256 g/mol. The number of nitrogens with zero attached hydrogens (tertiary/aromatic N) is 2. The van der Waals surface area contributed by atoms with Gasteiger partial charge >= 0.3 is 0 Å². The molecule has 4 nitrogen and oxygen atoms in total.